The van der Waals surface area contributed by atoms with E-state index in [0.29, 0.717) is 35.7 Å². The number of aliphatic hydroxyl groups excluding tert-OH is 1. The van der Waals surface area contributed by atoms with Crippen molar-refractivity contribution in [1.82, 2.24) is 29.7 Å². The van der Waals surface area contributed by atoms with Crippen LogP contribution in [0.4, 0.5) is 13.9 Å². The summed E-state index contributed by atoms with van der Waals surface area (Å²) in [6.07, 6.45) is 3.25. The molecule has 0 radical (unpaired) electrons. The molecule has 0 bridgehead atoms. The number of aryl methyl sites for hydroxylation is 1. The molecule has 0 spiro atoms. The van der Waals surface area contributed by atoms with Gasteiger partial charge in [0.15, 0.2) is 11.0 Å². The highest BCUT2D eigenvalue weighted by Crippen LogP contribution is 2.38. The third-order valence-corrected chi connectivity index (χ3v) is 10.5. The van der Waals surface area contributed by atoms with Crippen LogP contribution in [0.25, 0.3) is 21.3 Å². The zero-order valence-corrected chi connectivity index (χ0v) is 27.5. The second kappa shape index (κ2) is 13.1. The van der Waals surface area contributed by atoms with Crippen molar-refractivity contribution < 1.29 is 28.2 Å². The van der Waals surface area contributed by atoms with E-state index in [1.54, 1.807) is 24.7 Å². The maximum absolute atomic E-state index is 13.5. The summed E-state index contributed by atoms with van der Waals surface area (Å²) in [6.45, 7) is 6.05. The lowest BCUT2D eigenvalue weighted by molar-refractivity contribution is -0.125. The number of amides is 2. The Balaban J connectivity index is 0.898. The van der Waals surface area contributed by atoms with Gasteiger partial charge in [0.1, 0.15) is 6.61 Å². The first-order chi connectivity index (χ1) is 23.0. The van der Waals surface area contributed by atoms with Crippen LogP contribution < -0.4 is 5.32 Å². The number of hydrogen-bond acceptors (Lipinski definition) is 10. The van der Waals surface area contributed by atoms with Crippen LogP contribution in [0.2, 0.25) is 0 Å². The van der Waals surface area contributed by atoms with E-state index in [9.17, 15) is 23.5 Å². The lowest BCUT2D eigenvalue weighted by Crippen LogP contribution is -2.60. The normalized spacial score (nSPS) is 25.6. The summed E-state index contributed by atoms with van der Waals surface area (Å²) in [4.78, 5) is 47.9. The number of aromatic nitrogens is 4. The summed E-state index contributed by atoms with van der Waals surface area (Å²) >= 11 is 1.40. The van der Waals surface area contributed by atoms with Crippen molar-refractivity contribution in [2.24, 2.45) is 5.92 Å². The fraction of sp³-hybridized carbons (Fsp3) is 0.471. The number of benzene rings is 1. The summed E-state index contributed by atoms with van der Waals surface area (Å²) < 4.78 is 33.4. The zero-order valence-electron chi connectivity index (χ0n) is 26.7. The van der Waals surface area contributed by atoms with Gasteiger partial charge in [0.05, 0.1) is 22.4 Å². The number of fused-ring (bicyclic) bond motifs is 1. The van der Waals surface area contributed by atoms with Crippen LogP contribution in [0.5, 0.6) is 0 Å². The average molecular weight is 678 g/mol. The predicted molar refractivity (Wildman–Crippen MR) is 176 cm³/mol. The molecule has 3 aliphatic rings. The number of nitrogens with zero attached hydrogens (tertiary/aromatic N) is 6. The lowest BCUT2D eigenvalue weighted by Gasteiger charge is -2.49. The molecule has 1 saturated heterocycles. The maximum atomic E-state index is 13.5. The number of aliphatic hydroxyl groups is 1. The Labute approximate surface area is 280 Å². The number of piperazine rings is 1. The Morgan fingerprint density at radius 2 is 1.88 bits per heavy atom. The summed E-state index contributed by atoms with van der Waals surface area (Å²) in [5, 5.41) is 13.4. The van der Waals surface area contributed by atoms with Crippen molar-refractivity contribution in [3.05, 3.63) is 66.0 Å². The number of hydrogen-bond donors (Lipinski definition) is 2. The first-order valence-electron chi connectivity index (χ1n) is 16.2. The molecule has 3 aromatic heterocycles. The van der Waals surface area contributed by atoms with Gasteiger partial charge >= 0.3 is 0 Å². The molecule has 7 rings (SSSR count). The Hall–Kier alpha value is -3.98. The molecule has 48 heavy (non-hydrogen) atoms. The quantitative estimate of drug-likeness (QED) is 0.272. The number of thiazole rings is 1. The van der Waals surface area contributed by atoms with Crippen molar-refractivity contribution in [3.63, 3.8) is 0 Å². The first kappa shape index (κ1) is 32.6. The fourth-order valence-electron chi connectivity index (χ4n) is 6.88. The monoisotopic (exact) mass is 677 g/mol. The standard InChI is InChI=1S/C34H37F2N7O4S/c1-19-9-22(5-6-37-19)32(46)42-7-8-43(20(2)17-42)25-10-23(11-25)31(45)41-33-40-26-4-3-21(12-29(26)48-33)24-15-38-30(39-16-24)18-47-28-14-34(35,36)13-27(28)44/h3-6,9,12,15-16,20,23,25,27-28,44H,7-8,10-11,13-14,17-18H2,1-2H3,(H,40,41,45)/t20-,23?,25?,27-,28-/m0/s1. The van der Waals surface area contributed by atoms with E-state index in [4.69, 9.17) is 4.74 Å². The Morgan fingerprint density at radius 3 is 2.58 bits per heavy atom. The Kier molecular flexibility index (Phi) is 8.92. The minimum Gasteiger partial charge on any atom is -0.390 e. The van der Waals surface area contributed by atoms with Crippen molar-refractivity contribution in [2.45, 2.75) is 76.4 Å². The average Bonchev–Trinajstić information content (AvgIpc) is 3.56. The van der Waals surface area contributed by atoms with Crippen LogP contribution in [-0.2, 0) is 16.1 Å². The van der Waals surface area contributed by atoms with Crippen LogP contribution in [0.15, 0.2) is 48.9 Å². The van der Waals surface area contributed by atoms with E-state index in [2.05, 4.69) is 37.1 Å². The number of carbonyl (C=O) groups is 2. The molecule has 4 heterocycles. The van der Waals surface area contributed by atoms with E-state index in [1.165, 1.54) is 11.3 Å². The molecule has 11 nitrogen and oxygen atoms in total. The Bertz CT molecular complexity index is 1820. The van der Waals surface area contributed by atoms with Crippen LogP contribution in [0.1, 0.15) is 54.5 Å². The van der Waals surface area contributed by atoms with Gasteiger partial charge in [-0.05, 0) is 56.5 Å². The van der Waals surface area contributed by atoms with Crippen molar-refractivity contribution >= 4 is 38.5 Å². The number of carbonyl (C=O) groups excluding carboxylic acids is 2. The number of ether oxygens (including phenoxy) is 1. The molecule has 2 saturated carbocycles. The van der Waals surface area contributed by atoms with Gasteiger partial charge in [-0.3, -0.25) is 19.5 Å². The van der Waals surface area contributed by atoms with Gasteiger partial charge < -0.3 is 20.1 Å². The highest BCUT2D eigenvalue weighted by Gasteiger charge is 2.46. The molecule has 3 atom stereocenters. The number of nitrogens with one attached hydrogen (secondary N) is 1. The van der Waals surface area contributed by atoms with Gasteiger partial charge in [0, 0.05) is 85.9 Å². The number of anilines is 1. The highest BCUT2D eigenvalue weighted by molar-refractivity contribution is 7.22. The number of halogens is 2. The second-order valence-corrected chi connectivity index (χ2v) is 14.1. The van der Waals surface area contributed by atoms with Gasteiger partial charge in [-0.2, -0.15) is 0 Å². The largest absolute Gasteiger partial charge is 0.390 e. The number of pyridine rings is 1. The van der Waals surface area contributed by atoms with Gasteiger partial charge in [0.2, 0.25) is 5.91 Å². The summed E-state index contributed by atoms with van der Waals surface area (Å²) in [5.41, 5.74) is 3.90. The van der Waals surface area contributed by atoms with Crippen molar-refractivity contribution in [2.75, 3.05) is 25.0 Å². The molecular formula is C34H37F2N7O4S. The zero-order chi connectivity index (χ0) is 33.6. The van der Waals surface area contributed by atoms with Crippen molar-refractivity contribution in [3.8, 4) is 11.1 Å². The molecule has 14 heteroatoms. The maximum Gasteiger partial charge on any atom is 0.254 e. The first-order valence-corrected chi connectivity index (χ1v) is 17.0. The minimum atomic E-state index is -2.92. The fourth-order valence-corrected chi connectivity index (χ4v) is 7.79. The van der Waals surface area contributed by atoms with Gasteiger partial charge in [-0.25, -0.2) is 23.7 Å². The van der Waals surface area contributed by atoms with E-state index in [1.807, 2.05) is 36.1 Å². The predicted octanol–water partition coefficient (Wildman–Crippen LogP) is 4.70. The molecular weight excluding hydrogens is 640 g/mol. The summed E-state index contributed by atoms with van der Waals surface area (Å²) in [7, 11) is 0. The van der Waals surface area contributed by atoms with Gasteiger partial charge in [-0.1, -0.05) is 17.4 Å². The molecule has 252 valence electrons. The molecule has 3 fully saturated rings. The third-order valence-electron chi connectivity index (χ3n) is 9.58. The van der Waals surface area contributed by atoms with Crippen LogP contribution in [-0.4, -0.2) is 96.5 Å². The molecule has 0 unspecified atom stereocenters. The third kappa shape index (κ3) is 6.93. The summed E-state index contributed by atoms with van der Waals surface area (Å²) in [6, 6.07) is 9.86. The lowest BCUT2D eigenvalue weighted by atomic mass is 9.78. The number of rotatable bonds is 8. The van der Waals surface area contributed by atoms with E-state index < -0.39 is 31.0 Å². The second-order valence-electron chi connectivity index (χ2n) is 13.1. The molecule has 2 amide bonds. The van der Waals surface area contributed by atoms with Gasteiger partial charge in [-0.15, -0.1) is 0 Å². The SMILES string of the molecule is Cc1cc(C(=O)N2CCN(C3CC(C(=O)Nc4nc5ccc(-c6cnc(CO[C@H]7CC(F)(F)C[C@@H]7O)nc6)cc5s4)C3)[C@@H](C)C2)ccn1. The van der Waals surface area contributed by atoms with Gasteiger partial charge in [0.25, 0.3) is 11.8 Å². The van der Waals surface area contributed by atoms with E-state index >= 15 is 0 Å². The molecule has 2 aliphatic carbocycles. The summed E-state index contributed by atoms with van der Waals surface area (Å²) in [5.74, 6) is -2.66. The molecule has 1 aliphatic heterocycles. The van der Waals surface area contributed by atoms with Crippen LogP contribution in [0.3, 0.4) is 0 Å². The van der Waals surface area contributed by atoms with Crippen LogP contribution >= 0.6 is 11.3 Å². The number of alkyl halides is 2. The Morgan fingerprint density at radius 1 is 1.08 bits per heavy atom. The smallest absolute Gasteiger partial charge is 0.254 e. The molecule has 2 N–H and O–H groups in total. The van der Waals surface area contributed by atoms with Crippen molar-refractivity contribution in [1.29, 1.82) is 0 Å². The minimum absolute atomic E-state index is 0.0277. The van der Waals surface area contributed by atoms with Crippen LogP contribution in [0, 0.1) is 12.8 Å². The molecule has 4 aromatic rings. The van der Waals surface area contributed by atoms with E-state index in [0.717, 1.165) is 46.4 Å². The van der Waals surface area contributed by atoms with E-state index in [-0.39, 0.29) is 30.4 Å². The highest BCUT2D eigenvalue weighted by atomic mass is 32.1. The molecule has 1 aromatic carbocycles. The topological polar surface area (TPSA) is 134 Å².